The molecule has 1 aromatic rings. The lowest BCUT2D eigenvalue weighted by Crippen LogP contribution is -2.20. The summed E-state index contributed by atoms with van der Waals surface area (Å²) >= 11 is 3.58. The van der Waals surface area contributed by atoms with Crippen molar-refractivity contribution in [3.05, 3.63) is 24.0 Å². The number of hydrogen-bond acceptors (Lipinski definition) is 0. The van der Waals surface area contributed by atoms with E-state index in [2.05, 4.69) is 53.8 Å². The van der Waals surface area contributed by atoms with E-state index in [-0.39, 0.29) is 5.41 Å². The molecule has 68 valence electrons. The highest BCUT2D eigenvalue weighted by molar-refractivity contribution is 9.09. The number of nitrogens with one attached hydrogen (secondary N) is 1. The molecule has 1 rings (SSSR count). The smallest absolute Gasteiger partial charge is 0.0204 e. The number of H-pyrrole nitrogens is 1. The fourth-order valence-electron chi connectivity index (χ4n) is 1.56. The summed E-state index contributed by atoms with van der Waals surface area (Å²) in [5, 5.41) is 0. The molecular formula is C10H16BrN. The molecule has 1 N–H and O–H groups in total. The maximum atomic E-state index is 3.58. The Hall–Kier alpha value is -0.240. The highest BCUT2D eigenvalue weighted by Crippen LogP contribution is 2.28. The molecule has 0 aromatic carbocycles. The maximum absolute atomic E-state index is 3.58. The monoisotopic (exact) mass is 229 g/mol. The molecule has 1 unspecified atom stereocenters. The zero-order valence-electron chi connectivity index (χ0n) is 7.89. The Morgan fingerprint density at radius 2 is 2.25 bits per heavy atom. The van der Waals surface area contributed by atoms with Crippen LogP contribution in [0, 0.1) is 0 Å². The number of rotatable bonds is 3. The van der Waals surface area contributed by atoms with E-state index in [9.17, 15) is 0 Å². The molecule has 0 aliphatic carbocycles. The van der Waals surface area contributed by atoms with Crippen LogP contribution in [0.4, 0.5) is 0 Å². The molecule has 1 nitrogen and oxygen atoms in total. The van der Waals surface area contributed by atoms with E-state index in [1.54, 1.807) is 0 Å². The average Bonchev–Trinajstić information content (AvgIpc) is 2.32. The fourth-order valence-corrected chi connectivity index (χ4v) is 2.37. The van der Waals surface area contributed by atoms with Crippen molar-refractivity contribution in [2.45, 2.75) is 37.4 Å². The van der Waals surface area contributed by atoms with Crippen molar-refractivity contribution in [1.29, 1.82) is 0 Å². The van der Waals surface area contributed by atoms with Crippen molar-refractivity contribution >= 4 is 15.9 Å². The summed E-state index contributed by atoms with van der Waals surface area (Å²) in [5.74, 6) is 0. The van der Waals surface area contributed by atoms with Crippen molar-refractivity contribution in [2.75, 3.05) is 0 Å². The largest absolute Gasteiger partial charge is 0.365 e. The summed E-state index contributed by atoms with van der Waals surface area (Å²) in [6.07, 6.45) is 3.13. The molecule has 0 saturated heterocycles. The molecule has 1 heterocycles. The van der Waals surface area contributed by atoms with Gasteiger partial charge in [-0.1, -0.05) is 36.7 Å². The van der Waals surface area contributed by atoms with Crippen LogP contribution < -0.4 is 0 Å². The Morgan fingerprint density at radius 3 is 2.67 bits per heavy atom. The molecule has 12 heavy (non-hydrogen) atoms. The highest BCUT2D eigenvalue weighted by Gasteiger charge is 2.22. The van der Waals surface area contributed by atoms with Gasteiger partial charge < -0.3 is 4.98 Å². The lowest BCUT2D eigenvalue weighted by Gasteiger charge is -2.24. The topological polar surface area (TPSA) is 15.8 Å². The van der Waals surface area contributed by atoms with Crippen LogP contribution >= 0.6 is 15.9 Å². The second kappa shape index (κ2) is 3.65. The van der Waals surface area contributed by atoms with E-state index in [4.69, 9.17) is 0 Å². The van der Waals surface area contributed by atoms with Gasteiger partial charge in [0.05, 0.1) is 0 Å². The lowest BCUT2D eigenvalue weighted by molar-refractivity contribution is 0.470. The Labute approximate surface area is 82.7 Å². The van der Waals surface area contributed by atoms with Gasteiger partial charge in [-0.2, -0.15) is 0 Å². The van der Waals surface area contributed by atoms with E-state index < -0.39 is 0 Å². The second-order valence-corrected chi connectivity index (χ2v) is 5.52. The summed E-state index contributed by atoms with van der Waals surface area (Å²) in [6, 6.07) is 4.20. The summed E-state index contributed by atoms with van der Waals surface area (Å²) in [7, 11) is 0. The summed E-state index contributed by atoms with van der Waals surface area (Å²) < 4.78 is 0. The predicted octanol–water partition coefficient (Wildman–Crippen LogP) is 3.47. The minimum Gasteiger partial charge on any atom is -0.365 e. The van der Waals surface area contributed by atoms with Gasteiger partial charge in [0.1, 0.15) is 0 Å². The van der Waals surface area contributed by atoms with Crippen LogP contribution in [0.25, 0.3) is 0 Å². The van der Waals surface area contributed by atoms with Gasteiger partial charge in [-0.3, -0.25) is 0 Å². The quantitative estimate of drug-likeness (QED) is 0.765. The molecule has 0 amide bonds. The fraction of sp³-hybridized carbons (Fsp3) is 0.600. The molecule has 0 spiro atoms. The Morgan fingerprint density at radius 1 is 1.58 bits per heavy atom. The standard InChI is InChI=1S/C10H16BrN/c1-8(11)7-10(2,3)9-5-4-6-12-9/h4-6,8,12H,7H2,1-3H3. The predicted molar refractivity (Wildman–Crippen MR) is 56.8 cm³/mol. The normalized spacial score (nSPS) is 14.7. The van der Waals surface area contributed by atoms with E-state index in [1.807, 2.05) is 6.20 Å². The van der Waals surface area contributed by atoms with Gasteiger partial charge in [0, 0.05) is 22.1 Å². The number of aromatic amines is 1. The first-order chi connectivity index (χ1) is 5.52. The third-order valence-corrected chi connectivity index (χ3v) is 2.44. The van der Waals surface area contributed by atoms with Gasteiger partial charge in [0.25, 0.3) is 0 Å². The Balaban J connectivity index is 2.72. The van der Waals surface area contributed by atoms with Crippen LogP contribution in [0.2, 0.25) is 0 Å². The Bertz CT molecular complexity index is 224. The molecule has 1 atom stereocenters. The summed E-state index contributed by atoms with van der Waals surface area (Å²) in [5.41, 5.74) is 1.56. The van der Waals surface area contributed by atoms with Crippen LogP contribution in [0.1, 0.15) is 32.9 Å². The zero-order valence-corrected chi connectivity index (χ0v) is 9.48. The van der Waals surface area contributed by atoms with Crippen LogP contribution in [-0.4, -0.2) is 9.81 Å². The minimum atomic E-state index is 0.242. The van der Waals surface area contributed by atoms with E-state index in [1.165, 1.54) is 5.69 Å². The molecule has 2 heteroatoms. The molecule has 0 fully saturated rings. The highest BCUT2D eigenvalue weighted by atomic mass is 79.9. The first-order valence-corrected chi connectivity index (χ1v) is 5.22. The van der Waals surface area contributed by atoms with Gasteiger partial charge in [-0.05, 0) is 18.6 Å². The first kappa shape index (κ1) is 9.85. The number of aromatic nitrogens is 1. The lowest BCUT2D eigenvalue weighted by atomic mass is 9.85. The van der Waals surface area contributed by atoms with Gasteiger partial charge in [-0.25, -0.2) is 0 Å². The summed E-state index contributed by atoms with van der Waals surface area (Å²) in [4.78, 5) is 3.83. The van der Waals surface area contributed by atoms with Crippen molar-refractivity contribution in [3.63, 3.8) is 0 Å². The van der Waals surface area contributed by atoms with Gasteiger partial charge in [-0.15, -0.1) is 0 Å². The summed E-state index contributed by atoms with van der Waals surface area (Å²) in [6.45, 7) is 6.71. The van der Waals surface area contributed by atoms with Crippen molar-refractivity contribution in [1.82, 2.24) is 4.98 Å². The zero-order chi connectivity index (χ0) is 9.19. The molecular weight excluding hydrogens is 214 g/mol. The first-order valence-electron chi connectivity index (χ1n) is 4.30. The van der Waals surface area contributed by atoms with Crippen molar-refractivity contribution < 1.29 is 0 Å². The molecule has 0 saturated carbocycles. The van der Waals surface area contributed by atoms with Crippen molar-refractivity contribution in [2.24, 2.45) is 0 Å². The minimum absolute atomic E-state index is 0.242. The van der Waals surface area contributed by atoms with Crippen molar-refractivity contribution in [3.8, 4) is 0 Å². The third kappa shape index (κ3) is 2.37. The van der Waals surface area contributed by atoms with Crippen LogP contribution in [-0.2, 0) is 5.41 Å². The van der Waals surface area contributed by atoms with E-state index in [0.717, 1.165) is 6.42 Å². The average molecular weight is 230 g/mol. The number of alkyl halides is 1. The SMILES string of the molecule is CC(Br)CC(C)(C)c1ccc[nH]1. The van der Waals surface area contributed by atoms with E-state index >= 15 is 0 Å². The maximum Gasteiger partial charge on any atom is 0.0204 e. The number of halogens is 1. The van der Waals surface area contributed by atoms with Gasteiger partial charge in [0.15, 0.2) is 0 Å². The Kier molecular flexibility index (Phi) is 2.99. The molecule has 0 radical (unpaired) electrons. The molecule has 0 aliphatic rings. The molecule has 0 aliphatic heterocycles. The third-order valence-electron chi connectivity index (χ3n) is 2.12. The molecule has 1 aromatic heterocycles. The van der Waals surface area contributed by atoms with Crippen LogP contribution in [0.3, 0.4) is 0 Å². The second-order valence-electron chi connectivity index (χ2n) is 3.95. The van der Waals surface area contributed by atoms with Gasteiger partial charge >= 0.3 is 0 Å². The van der Waals surface area contributed by atoms with Gasteiger partial charge in [0.2, 0.25) is 0 Å². The number of hydrogen-bond donors (Lipinski definition) is 1. The molecule has 0 bridgehead atoms. The van der Waals surface area contributed by atoms with E-state index in [0.29, 0.717) is 4.83 Å². The van der Waals surface area contributed by atoms with Crippen LogP contribution in [0.5, 0.6) is 0 Å². The van der Waals surface area contributed by atoms with Crippen LogP contribution in [0.15, 0.2) is 18.3 Å².